The molecule has 1 aliphatic heterocycles. The smallest absolute Gasteiger partial charge is 0.332 e. The molecule has 1 aromatic heterocycles. The molecule has 8 nitrogen and oxygen atoms in total. The number of carbonyl (C=O) groups excluding carboxylic acids is 1. The number of aromatic nitrogens is 3. The van der Waals surface area contributed by atoms with Gasteiger partial charge in [-0.15, -0.1) is 3.89 Å². The molecule has 23 heavy (non-hydrogen) atoms. The fraction of sp³-hybridized carbons (Fsp3) is 0.308. The number of nitrogens with zero attached hydrogens (tertiary/aromatic N) is 4. The zero-order chi connectivity index (χ0) is 16.4. The normalized spacial score (nSPS) is 15.7. The second kappa shape index (κ2) is 5.95. The summed E-state index contributed by atoms with van der Waals surface area (Å²) < 4.78 is 34.4. The molecule has 3 rings (SSSR count). The van der Waals surface area contributed by atoms with Crippen LogP contribution in [-0.2, 0) is 10.2 Å². The number of anilines is 1. The van der Waals surface area contributed by atoms with Gasteiger partial charge in [0.15, 0.2) is 0 Å². The first-order valence-corrected chi connectivity index (χ1v) is 8.28. The van der Waals surface area contributed by atoms with Crippen molar-refractivity contribution in [3.8, 4) is 0 Å². The number of benzene rings is 1. The number of rotatable bonds is 3. The number of hydrogen-bond acceptors (Lipinski definition) is 6. The van der Waals surface area contributed by atoms with Crippen molar-refractivity contribution in [2.45, 2.75) is 4.90 Å². The average molecular weight is 339 g/mol. The van der Waals surface area contributed by atoms with E-state index < -0.39 is 15.1 Å². The molecule has 2 heterocycles. The Kier molecular flexibility index (Phi) is 3.99. The summed E-state index contributed by atoms with van der Waals surface area (Å²) in [4.78, 5) is 19.6. The summed E-state index contributed by atoms with van der Waals surface area (Å²) in [7, 11) is -4.75. The first-order chi connectivity index (χ1) is 10.9. The molecule has 0 spiro atoms. The fourth-order valence-corrected chi connectivity index (χ4v) is 2.88. The Balaban J connectivity index is 1.65. The lowest BCUT2D eigenvalue weighted by atomic mass is 10.2. The summed E-state index contributed by atoms with van der Waals surface area (Å²) >= 11 is 0. The van der Waals surface area contributed by atoms with Gasteiger partial charge in [-0.1, -0.05) is 0 Å². The maximum Gasteiger partial charge on any atom is 0.332 e. The zero-order valence-corrected chi connectivity index (χ0v) is 12.8. The van der Waals surface area contributed by atoms with Crippen molar-refractivity contribution in [2.75, 3.05) is 31.1 Å². The molecule has 1 aliphatic rings. The Morgan fingerprint density at radius 1 is 1.13 bits per heavy atom. The van der Waals surface area contributed by atoms with Gasteiger partial charge in [0.25, 0.3) is 5.91 Å². The Hall–Kier alpha value is -2.49. The van der Waals surface area contributed by atoms with E-state index in [-0.39, 0.29) is 5.91 Å². The van der Waals surface area contributed by atoms with Crippen LogP contribution in [0.15, 0.2) is 35.5 Å². The van der Waals surface area contributed by atoms with Crippen LogP contribution in [0.25, 0.3) is 0 Å². The van der Waals surface area contributed by atoms with E-state index in [9.17, 15) is 17.1 Å². The zero-order valence-electron chi connectivity index (χ0n) is 12.0. The lowest BCUT2D eigenvalue weighted by molar-refractivity contribution is 0.0746. The number of H-pyrrole nitrogens is 1. The van der Waals surface area contributed by atoms with Crippen molar-refractivity contribution in [3.05, 3.63) is 36.2 Å². The molecule has 0 unspecified atom stereocenters. The van der Waals surface area contributed by atoms with E-state index in [0.29, 0.717) is 37.7 Å². The van der Waals surface area contributed by atoms with Crippen molar-refractivity contribution in [3.63, 3.8) is 0 Å². The van der Waals surface area contributed by atoms with Gasteiger partial charge < -0.3 is 9.80 Å². The third-order valence-electron chi connectivity index (χ3n) is 3.65. The van der Waals surface area contributed by atoms with E-state index in [0.717, 1.165) is 12.1 Å². The van der Waals surface area contributed by atoms with Crippen molar-refractivity contribution >= 4 is 22.1 Å². The third kappa shape index (κ3) is 3.31. The van der Waals surface area contributed by atoms with Crippen molar-refractivity contribution in [1.82, 2.24) is 20.1 Å². The topological polar surface area (TPSA) is 99.3 Å². The third-order valence-corrected chi connectivity index (χ3v) is 4.49. The monoisotopic (exact) mass is 339 g/mol. The van der Waals surface area contributed by atoms with E-state index >= 15 is 0 Å². The standard InChI is InChI=1S/C13H14FN5O3S/c14-23(21,22)11-3-1-10(2-4-11)12(20)18-5-7-19(8-6-18)13-15-9-16-17-13/h1-4,9H,5-8H2,(H,15,16,17). The molecule has 0 bridgehead atoms. The van der Waals surface area contributed by atoms with E-state index in [4.69, 9.17) is 0 Å². The second-order valence-electron chi connectivity index (χ2n) is 5.05. The van der Waals surface area contributed by atoms with E-state index in [1.165, 1.54) is 18.5 Å². The highest BCUT2D eigenvalue weighted by atomic mass is 32.3. The lowest BCUT2D eigenvalue weighted by Gasteiger charge is -2.34. The molecule has 1 aromatic carbocycles. The summed E-state index contributed by atoms with van der Waals surface area (Å²) in [5.41, 5.74) is 0.325. The van der Waals surface area contributed by atoms with E-state index in [1.807, 2.05) is 4.90 Å². The number of halogens is 1. The Morgan fingerprint density at radius 3 is 2.30 bits per heavy atom. The van der Waals surface area contributed by atoms with Gasteiger partial charge in [0, 0.05) is 31.7 Å². The average Bonchev–Trinajstić information content (AvgIpc) is 3.08. The number of aromatic amines is 1. The highest BCUT2D eigenvalue weighted by Gasteiger charge is 2.23. The Morgan fingerprint density at radius 2 is 1.78 bits per heavy atom. The maximum absolute atomic E-state index is 12.8. The summed E-state index contributed by atoms with van der Waals surface area (Å²) in [6.07, 6.45) is 1.42. The van der Waals surface area contributed by atoms with Gasteiger partial charge >= 0.3 is 10.2 Å². The fourth-order valence-electron chi connectivity index (χ4n) is 2.42. The SMILES string of the molecule is O=C(c1ccc(S(=O)(=O)F)cc1)N1CCN(c2ncn[nH]2)CC1. The molecule has 1 fully saturated rings. The van der Waals surface area contributed by atoms with Gasteiger partial charge in [-0.3, -0.25) is 4.79 Å². The summed E-state index contributed by atoms with van der Waals surface area (Å²) in [5.74, 6) is 0.444. The number of hydrogen-bond donors (Lipinski definition) is 1. The number of piperazine rings is 1. The predicted octanol–water partition coefficient (Wildman–Crippen LogP) is 0.425. The van der Waals surface area contributed by atoms with Gasteiger partial charge in [-0.05, 0) is 24.3 Å². The molecule has 1 saturated heterocycles. The van der Waals surface area contributed by atoms with Crippen LogP contribution in [0.4, 0.5) is 9.83 Å². The number of amides is 1. The largest absolute Gasteiger partial charge is 0.338 e. The summed E-state index contributed by atoms with van der Waals surface area (Å²) in [6, 6.07) is 4.82. The molecule has 0 aliphatic carbocycles. The molecular formula is C13H14FN5O3S. The summed E-state index contributed by atoms with van der Waals surface area (Å²) in [5, 5.41) is 6.56. The highest BCUT2D eigenvalue weighted by molar-refractivity contribution is 7.86. The first kappa shape index (κ1) is 15.4. The van der Waals surface area contributed by atoms with Gasteiger partial charge in [-0.2, -0.15) is 18.5 Å². The quantitative estimate of drug-likeness (QED) is 0.814. The number of nitrogens with one attached hydrogen (secondary N) is 1. The molecule has 10 heteroatoms. The van der Waals surface area contributed by atoms with Crippen molar-refractivity contribution in [2.24, 2.45) is 0 Å². The van der Waals surface area contributed by atoms with Crippen molar-refractivity contribution < 1.29 is 17.1 Å². The maximum atomic E-state index is 12.8. The Labute approximate surface area is 132 Å². The van der Waals surface area contributed by atoms with E-state index in [2.05, 4.69) is 15.2 Å². The van der Waals surface area contributed by atoms with Gasteiger partial charge in [0.05, 0.1) is 4.90 Å². The molecule has 0 radical (unpaired) electrons. The van der Waals surface area contributed by atoms with Crippen molar-refractivity contribution in [1.29, 1.82) is 0 Å². The van der Waals surface area contributed by atoms with Gasteiger partial charge in [0.2, 0.25) is 5.95 Å². The van der Waals surface area contributed by atoms with Crippen LogP contribution in [0, 0.1) is 0 Å². The summed E-state index contributed by atoms with van der Waals surface area (Å²) in [6.45, 7) is 2.22. The molecule has 2 aromatic rings. The molecule has 1 amide bonds. The van der Waals surface area contributed by atoms with Crippen LogP contribution >= 0.6 is 0 Å². The van der Waals surface area contributed by atoms with Crippen LogP contribution in [0.1, 0.15) is 10.4 Å². The minimum Gasteiger partial charge on any atom is -0.338 e. The minimum absolute atomic E-state index is 0.218. The van der Waals surface area contributed by atoms with Crippen LogP contribution in [-0.4, -0.2) is 60.6 Å². The number of carbonyl (C=O) groups is 1. The molecule has 0 saturated carbocycles. The lowest BCUT2D eigenvalue weighted by Crippen LogP contribution is -2.49. The molecule has 1 N–H and O–H groups in total. The molecule has 122 valence electrons. The van der Waals surface area contributed by atoms with Gasteiger partial charge in [-0.25, -0.2) is 5.10 Å². The van der Waals surface area contributed by atoms with Crippen LogP contribution in [0.5, 0.6) is 0 Å². The molecular weight excluding hydrogens is 325 g/mol. The minimum atomic E-state index is -4.75. The second-order valence-corrected chi connectivity index (χ2v) is 6.40. The van der Waals surface area contributed by atoms with Crippen LogP contribution < -0.4 is 4.90 Å². The van der Waals surface area contributed by atoms with E-state index in [1.54, 1.807) is 4.90 Å². The Bertz CT molecular complexity index is 784. The van der Waals surface area contributed by atoms with Crippen LogP contribution in [0.3, 0.4) is 0 Å². The van der Waals surface area contributed by atoms with Gasteiger partial charge in [0.1, 0.15) is 6.33 Å². The molecule has 0 atom stereocenters. The first-order valence-electron chi connectivity index (χ1n) is 6.89. The highest BCUT2D eigenvalue weighted by Crippen LogP contribution is 2.16. The predicted molar refractivity (Wildman–Crippen MR) is 79.2 cm³/mol. The van der Waals surface area contributed by atoms with Crippen LogP contribution in [0.2, 0.25) is 0 Å².